The van der Waals surface area contributed by atoms with Gasteiger partial charge in [0.2, 0.25) is 5.91 Å². The molecule has 0 unspecified atom stereocenters. The van der Waals surface area contributed by atoms with Gasteiger partial charge >= 0.3 is 0 Å². The van der Waals surface area contributed by atoms with Crippen LogP contribution in [0, 0.1) is 0 Å². The summed E-state index contributed by atoms with van der Waals surface area (Å²) in [5.74, 6) is 1.08. The van der Waals surface area contributed by atoms with Crippen LogP contribution in [0.5, 0.6) is 0 Å². The Bertz CT molecular complexity index is 886. The van der Waals surface area contributed by atoms with Crippen molar-refractivity contribution < 1.29 is 4.79 Å². The molecule has 0 aliphatic carbocycles. The normalized spacial score (nSPS) is 14.5. The molecule has 6 nitrogen and oxygen atoms in total. The Morgan fingerprint density at radius 2 is 1.73 bits per heavy atom. The molecule has 0 atom stereocenters. The van der Waals surface area contributed by atoms with Gasteiger partial charge in [-0.2, -0.15) is 0 Å². The second kappa shape index (κ2) is 7.39. The van der Waals surface area contributed by atoms with Crippen molar-refractivity contribution in [1.29, 1.82) is 0 Å². The first-order valence-electron chi connectivity index (χ1n) is 8.83. The lowest BCUT2D eigenvalue weighted by atomic mass is 10.2. The van der Waals surface area contributed by atoms with Crippen LogP contribution in [0.1, 0.15) is 0 Å². The van der Waals surface area contributed by atoms with Gasteiger partial charge in [-0.25, -0.2) is 4.98 Å². The van der Waals surface area contributed by atoms with Crippen molar-refractivity contribution in [1.82, 2.24) is 14.9 Å². The number of amides is 1. The highest BCUT2D eigenvalue weighted by Gasteiger charge is 2.21. The Morgan fingerprint density at radius 1 is 0.923 bits per heavy atom. The minimum Gasteiger partial charge on any atom is -0.374 e. The van der Waals surface area contributed by atoms with Gasteiger partial charge in [0, 0.05) is 44.0 Å². The second-order valence-corrected chi connectivity index (χ2v) is 6.29. The van der Waals surface area contributed by atoms with Gasteiger partial charge in [-0.15, -0.1) is 0 Å². The lowest BCUT2D eigenvalue weighted by Gasteiger charge is -2.35. The van der Waals surface area contributed by atoms with Gasteiger partial charge in [0.1, 0.15) is 5.82 Å². The molecule has 4 rings (SSSR count). The van der Waals surface area contributed by atoms with E-state index in [2.05, 4.69) is 20.2 Å². The predicted molar refractivity (Wildman–Crippen MR) is 103 cm³/mol. The fourth-order valence-electron chi connectivity index (χ4n) is 3.26. The van der Waals surface area contributed by atoms with E-state index in [1.54, 1.807) is 12.4 Å². The lowest BCUT2D eigenvalue weighted by Crippen LogP contribution is -2.50. The summed E-state index contributed by atoms with van der Waals surface area (Å²) in [7, 11) is 0. The van der Waals surface area contributed by atoms with Crippen LogP contribution >= 0.6 is 0 Å². The number of para-hydroxylation sites is 1. The number of benzene rings is 1. The minimum absolute atomic E-state index is 0.110. The first-order valence-corrected chi connectivity index (χ1v) is 8.83. The van der Waals surface area contributed by atoms with Crippen LogP contribution in [0.2, 0.25) is 0 Å². The third kappa shape index (κ3) is 3.44. The van der Waals surface area contributed by atoms with Crippen LogP contribution in [0.4, 0.5) is 11.5 Å². The van der Waals surface area contributed by atoms with Crippen molar-refractivity contribution in [3.05, 3.63) is 60.9 Å². The number of fused-ring (bicyclic) bond motifs is 1. The topological polar surface area (TPSA) is 61.4 Å². The van der Waals surface area contributed by atoms with Crippen molar-refractivity contribution in [3.63, 3.8) is 0 Å². The maximum absolute atomic E-state index is 12.6. The van der Waals surface area contributed by atoms with Crippen LogP contribution in [0.15, 0.2) is 60.9 Å². The fourth-order valence-corrected chi connectivity index (χ4v) is 3.26. The third-order valence-electron chi connectivity index (χ3n) is 4.67. The first kappa shape index (κ1) is 16.3. The summed E-state index contributed by atoms with van der Waals surface area (Å²) in [4.78, 5) is 25.5. The van der Waals surface area contributed by atoms with Crippen molar-refractivity contribution in [3.8, 4) is 0 Å². The van der Waals surface area contributed by atoms with Gasteiger partial charge in [-0.3, -0.25) is 9.78 Å². The Kier molecular flexibility index (Phi) is 4.64. The number of nitrogens with zero attached hydrogens (tertiary/aromatic N) is 4. The number of hydrogen-bond donors (Lipinski definition) is 1. The standard InChI is InChI=1S/C20H21N5O/c26-19(15-23-17-7-3-5-16-6-4-10-22-20(16)17)25-13-11-24(12-14-25)18-8-1-2-9-21-18/h1-10,23H,11-15H2. The number of pyridine rings is 2. The highest BCUT2D eigenvalue weighted by Crippen LogP contribution is 2.20. The Labute approximate surface area is 152 Å². The van der Waals surface area contributed by atoms with E-state index < -0.39 is 0 Å². The Hall–Kier alpha value is -3.15. The number of nitrogens with one attached hydrogen (secondary N) is 1. The number of hydrogen-bond acceptors (Lipinski definition) is 5. The summed E-state index contributed by atoms with van der Waals surface area (Å²) < 4.78 is 0. The minimum atomic E-state index is 0.110. The molecule has 0 bridgehead atoms. The molecular weight excluding hydrogens is 326 g/mol. The summed E-state index contributed by atoms with van der Waals surface area (Å²) in [6.45, 7) is 3.31. The fraction of sp³-hybridized carbons (Fsp3) is 0.250. The Morgan fingerprint density at radius 3 is 2.54 bits per heavy atom. The van der Waals surface area contributed by atoms with E-state index in [9.17, 15) is 4.79 Å². The quantitative estimate of drug-likeness (QED) is 0.785. The number of piperazine rings is 1. The largest absolute Gasteiger partial charge is 0.374 e. The molecule has 1 saturated heterocycles. The zero-order chi connectivity index (χ0) is 17.8. The van der Waals surface area contributed by atoms with Gasteiger partial charge in [-0.05, 0) is 24.3 Å². The first-order chi connectivity index (χ1) is 12.8. The van der Waals surface area contributed by atoms with E-state index in [1.807, 2.05) is 53.4 Å². The molecule has 0 spiro atoms. The molecule has 2 aromatic heterocycles. The highest BCUT2D eigenvalue weighted by atomic mass is 16.2. The van der Waals surface area contributed by atoms with E-state index in [0.717, 1.165) is 35.5 Å². The summed E-state index contributed by atoms with van der Waals surface area (Å²) in [6, 6.07) is 15.8. The maximum Gasteiger partial charge on any atom is 0.241 e. The highest BCUT2D eigenvalue weighted by molar-refractivity contribution is 5.92. The van der Waals surface area contributed by atoms with Crippen LogP contribution in [-0.4, -0.2) is 53.5 Å². The molecule has 1 N–H and O–H groups in total. The molecule has 6 heteroatoms. The smallest absolute Gasteiger partial charge is 0.241 e. The molecule has 3 aromatic rings. The average Bonchev–Trinajstić information content (AvgIpc) is 2.73. The average molecular weight is 347 g/mol. The predicted octanol–water partition coefficient (Wildman–Crippen LogP) is 2.39. The van der Waals surface area contributed by atoms with Gasteiger partial charge < -0.3 is 15.1 Å². The van der Waals surface area contributed by atoms with E-state index >= 15 is 0 Å². The molecule has 1 aliphatic rings. The summed E-state index contributed by atoms with van der Waals surface area (Å²) >= 11 is 0. The van der Waals surface area contributed by atoms with Crippen LogP contribution < -0.4 is 10.2 Å². The van der Waals surface area contributed by atoms with Gasteiger partial charge in [-0.1, -0.05) is 24.3 Å². The van der Waals surface area contributed by atoms with Gasteiger partial charge in [0.25, 0.3) is 0 Å². The number of anilines is 2. The molecule has 1 aromatic carbocycles. The number of aromatic nitrogens is 2. The van der Waals surface area contributed by atoms with Crippen LogP contribution in [-0.2, 0) is 4.79 Å². The van der Waals surface area contributed by atoms with Crippen LogP contribution in [0.25, 0.3) is 10.9 Å². The second-order valence-electron chi connectivity index (χ2n) is 6.29. The van der Waals surface area contributed by atoms with Crippen LogP contribution in [0.3, 0.4) is 0 Å². The number of rotatable bonds is 4. The molecule has 1 amide bonds. The molecule has 26 heavy (non-hydrogen) atoms. The zero-order valence-electron chi connectivity index (χ0n) is 14.5. The lowest BCUT2D eigenvalue weighted by molar-refractivity contribution is -0.129. The number of carbonyl (C=O) groups is 1. The third-order valence-corrected chi connectivity index (χ3v) is 4.67. The van der Waals surface area contributed by atoms with E-state index in [0.29, 0.717) is 13.1 Å². The van der Waals surface area contributed by atoms with E-state index in [-0.39, 0.29) is 12.5 Å². The monoisotopic (exact) mass is 347 g/mol. The molecule has 1 aliphatic heterocycles. The van der Waals surface area contributed by atoms with E-state index in [1.165, 1.54) is 0 Å². The zero-order valence-corrected chi connectivity index (χ0v) is 14.5. The maximum atomic E-state index is 12.6. The van der Waals surface area contributed by atoms with Crippen molar-refractivity contribution in [2.24, 2.45) is 0 Å². The van der Waals surface area contributed by atoms with Crippen molar-refractivity contribution in [2.45, 2.75) is 0 Å². The molecule has 0 saturated carbocycles. The summed E-state index contributed by atoms with van der Waals surface area (Å²) in [5, 5.41) is 4.31. The SMILES string of the molecule is O=C(CNc1cccc2cccnc12)N1CCN(c2ccccn2)CC1. The summed E-state index contributed by atoms with van der Waals surface area (Å²) in [6.07, 6.45) is 3.57. The molecule has 3 heterocycles. The van der Waals surface area contributed by atoms with Gasteiger partial charge in [0.15, 0.2) is 0 Å². The van der Waals surface area contributed by atoms with Crippen molar-refractivity contribution >= 4 is 28.3 Å². The summed E-state index contributed by atoms with van der Waals surface area (Å²) in [5.41, 5.74) is 1.78. The van der Waals surface area contributed by atoms with E-state index in [4.69, 9.17) is 0 Å². The Balaban J connectivity index is 1.34. The molecule has 132 valence electrons. The van der Waals surface area contributed by atoms with Gasteiger partial charge in [0.05, 0.1) is 17.7 Å². The molecule has 1 fully saturated rings. The van der Waals surface area contributed by atoms with Crippen molar-refractivity contribution in [2.75, 3.05) is 42.9 Å². The number of carbonyl (C=O) groups excluding carboxylic acids is 1. The molecule has 0 radical (unpaired) electrons. The molecular formula is C20H21N5O.